The molecule has 1 aliphatic carbocycles. The molecule has 2 amide bonds. The molecule has 2 fully saturated rings. The summed E-state index contributed by atoms with van der Waals surface area (Å²) in [5, 5.41) is 5.89. The van der Waals surface area contributed by atoms with E-state index in [0.717, 1.165) is 50.5 Å². The van der Waals surface area contributed by atoms with Crippen LogP contribution in [-0.2, 0) is 4.79 Å². The van der Waals surface area contributed by atoms with Crippen molar-refractivity contribution in [3.8, 4) is 5.75 Å². The lowest BCUT2D eigenvalue weighted by Crippen LogP contribution is -2.48. The maximum absolute atomic E-state index is 12.5. The van der Waals surface area contributed by atoms with E-state index >= 15 is 0 Å². The summed E-state index contributed by atoms with van der Waals surface area (Å²) in [7, 11) is 1.67. The number of amides is 2. The molecule has 2 aromatic rings. The molecule has 30 heavy (non-hydrogen) atoms. The van der Waals surface area contributed by atoms with E-state index in [1.807, 2.05) is 24.3 Å². The molecule has 0 spiro atoms. The number of methoxy groups -OCH3 is 1. The van der Waals surface area contributed by atoms with Gasteiger partial charge in [-0.1, -0.05) is 12.1 Å². The van der Waals surface area contributed by atoms with Crippen molar-refractivity contribution in [2.75, 3.05) is 50.1 Å². The summed E-state index contributed by atoms with van der Waals surface area (Å²) >= 11 is 0. The van der Waals surface area contributed by atoms with Crippen LogP contribution < -0.4 is 20.3 Å². The molecule has 7 nitrogen and oxygen atoms in total. The second-order valence-corrected chi connectivity index (χ2v) is 7.84. The highest BCUT2D eigenvalue weighted by molar-refractivity contribution is 5.97. The van der Waals surface area contributed by atoms with Crippen LogP contribution in [0, 0.1) is 0 Å². The first-order valence-electron chi connectivity index (χ1n) is 10.4. The summed E-state index contributed by atoms with van der Waals surface area (Å²) in [5.41, 5.74) is 2.37. The van der Waals surface area contributed by atoms with Crippen LogP contribution in [0.2, 0.25) is 0 Å². The number of carbonyl (C=O) groups excluding carboxylic acids is 2. The Labute approximate surface area is 177 Å². The van der Waals surface area contributed by atoms with Gasteiger partial charge in [0, 0.05) is 55.2 Å². The highest BCUT2D eigenvalue weighted by Gasteiger charge is 2.24. The smallest absolute Gasteiger partial charge is 0.251 e. The van der Waals surface area contributed by atoms with Crippen LogP contribution in [0.3, 0.4) is 0 Å². The lowest BCUT2D eigenvalue weighted by Gasteiger charge is -2.35. The highest BCUT2D eigenvalue weighted by atomic mass is 16.5. The summed E-state index contributed by atoms with van der Waals surface area (Å²) in [6.45, 7) is 3.68. The first-order valence-corrected chi connectivity index (χ1v) is 10.4. The third-order valence-electron chi connectivity index (χ3n) is 5.48. The maximum Gasteiger partial charge on any atom is 0.251 e. The van der Waals surface area contributed by atoms with Crippen molar-refractivity contribution >= 4 is 23.2 Å². The number of benzene rings is 2. The van der Waals surface area contributed by atoms with Crippen LogP contribution in [-0.4, -0.2) is 62.6 Å². The van der Waals surface area contributed by atoms with Crippen molar-refractivity contribution in [2.24, 2.45) is 0 Å². The molecule has 2 aliphatic rings. The van der Waals surface area contributed by atoms with Gasteiger partial charge >= 0.3 is 0 Å². The largest absolute Gasteiger partial charge is 0.497 e. The molecule has 4 rings (SSSR count). The predicted octanol–water partition coefficient (Wildman–Crippen LogP) is 2.35. The van der Waals surface area contributed by atoms with Crippen molar-refractivity contribution in [2.45, 2.75) is 18.9 Å². The van der Waals surface area contributed by atoms with Crippen molar-refractivity contribution in [3.63, 3.8) is 0 Å². The molecule has 0 atom stereocenters. The van der Waals surface area contributed by atoms with E-state index < -0.39 is 0 Å². The van der Waals surface area contributed by atoms with Gasteiger partial charge in [0.15, 0.2) is 0 Å². The number of anilines is 2. The average Bonchev–Trinajstić information content (AvgIpc) is 3.58. The van der Waals surface area contributed by atoms with Crippen molar-refractivity contribution in [1.82, 2.24) is 10.2 Å². The zero-order valence-electron chi connectivity index (χ0n) is 17.3. The van der Waals surface area contributed by atoms with E-state index in [0.29, 0.717) is 23.8 Å². The molecule has 0 bridgehead atoms. The Bertz CT molecular complexity index is 905. The van der Waals surface area contributed by atoms with E-state index in [4.69, 9.17) is 4.74 Å². The molecule has 0 aromatic heterocycles. The fourth-order valence-electron chi connectivity index (χ4n) is 3.61. The van der Waals surface area contributed by atoms with Gasteiger partial charge in [0.25, 0.3) is 5.91 Å². The van der Waals surface area contributed by atoms with Gasteiger partial charge in [-0.25, -0.2) is 0 Å². The number of hydrogen-bond acceptors (Lipinski definition) is 5. The molecule has 1 heterocycles. The van der Waals surface area contributed by atoms with E-state index in [1.165, 1.54) is 0 Å². The molecule has 1 saturated carbocycles. The van der Waals surface area contributed by atoms with Gasteiger partial charge < -0.3 is 20.3 Å². The Morgan fingerprint density at radius 2 is 1.80 bits per heavy atom. The van der Waals surface area contributed by atoms with E-state index in [2.05, 4.69) is 26.5 Å². The molecule has 0 unspecified atom stereocenters. The zero-order chi connectivity index (χ0) is 20.9. The zero-order valence-corrected chi connectivity index (χ0v) is 17.3. The second-order valence-electron chi connectivity index (χ2n) is 7.84. The normalized spacial score (nSPS) is 16.8. The molecule has 2 aromatic carbocycles. The summed E-state index contributed by atoms with van der Waals surface area (Å²) in [5.74, 6) is 0.703. The Morgan fingerprint density at radius 1 is 1.03 bits per heavy atom. The summed E-state index contributed by atoms with van der Waals surface area (Å²) in [4.78, 5) is 29.1. The molecule has 1 aliphatic heterocycles. The van der Waals surface area contributed by atoms with Gasteiger partial charge in [-0.3, -0.25) is 14.5 Å². The van der Waals surface area contributed by atoms with Crippen LogP contribution >= 0.6 is 0 Å². The van der Waals surface area contributed by atoms with Gasteiger partial charge in [-0.2, -0.15) is 0 Å². The maximum atomic E-state index is 12.5. The quantitative estimate of drug-likeness (QED) is 0.736. The average molecular weight is 409 g/mol. The van der Waals surface area contributed by atoms with Crippen LogP contribution in [0.1, 0.15) is 23.2 Å². The topological polar surface area (TPSA) is 73.9 Å². The third kappa shape index (κ3) is 5.30. The van der Waals surface area contributed by atoms with Gasteiger partial charge in [0.2, 0.25) is 5.91 Å². The predicted molar refractivity (Wildman–Crippen MR) is 117 cm³/mol. The number of rotatable bonds is 7. The number of nitrogens with one attached hydrogen (secondary N) is 2. The minimum Gasteiger partial charge on any atom is -0.497 e. The van der Waals surface area contributed by atoms with Gasteiger partial charge in [-0.05, 0) is 43.2 Å². The van der Waals surface area contributed by atoms with Crippen molar-refractivity contribution < 1.29 is 14.3 Å². The number of piperazine rings is 1. The molecule has 158 valence electrons. The van der Waals surface area contributed by atoms with E-state index in [-0.39, 0.29) is 11.8 Å². The van der Waals surface area contributed by atoms with Crippen LogP contribution in [0.15, 0.2) is 48.5 Å². The lowest BCUT2D eigenvalue weighted by molar-refractivity contribution is -0.117. The number of nitrogens with zero attached hydrogens (tertiary/aromatic N) is 2. The van der Waals surface area contributed by atoms with Gasteiger partial charge in [0.05, 0.1) is 13.7 Å². The van der Waals surface area contributed by atoms with Gasteiger partial charge in [-0.15, -0.1) is 0 Å². The fourth-order valence-corrected chi connectivity index (χ4v) is 3.61. The monoisotopic (exact) mass is 408 g/mol. The Balaban J connectivity index is 1.26. The molecule has 7 heteroatoms. The molecule has 0 radical (unpaired) electrons. The lowest BCUT2D eigenvalue weighted by atomic mass is 10.2. The molecule has 1 saturated heterocycles. The van der Waals surface area contributed by atoms with Crippen LogP contribution in [0.4, 0.5) is 11.4 Å². The van der Waals surface area contributed by atoms with Crippen LogP contribution in [0.25, 0.3) is 0 Å². The second kappa shape index (κ2) is 9.17. The van der Waals surface area contributed by atoms with E-state index in [1.54, 1.807) is 25.3 Å². The van der Waals surface area contributed by atoms with Crippen molar-refractivity contribution in [3.05, 3.63) is 54.1 Å². The van der Waals surface area contributed by atoms with Gasteiger partial charge in [0.1, 0.15) is 5.75 Å². The number of ether oxygens (including phenoxy) is 1. The molecular weight excluding hydrogens is 380 g/mol. The summed E-state index contributed by atoms with van der Waals surface area (Å²) in [6.07, 6.45) is 2.10. The first kappa shape index (κ1) is 20.2. The van der Waals surface area contributed by atoms with Crippen molar-refractivity contribution in [1.29, 1.82) is 0 Å². The molecule has 2 N–H and O–H groups in total. The minimum atomic E-state index is -0.0812. The number of hydrogen-bond donors (Lipinski definition) is 2. The third-order valence-corrected chi connectivity index (χ3v) is 5.48. The summed E-state index contributed by atoms with van der Waals surface area (Å²) < 4.78 is 5.31. The molecular formula is C23H28N4O3. The minimum absolute atomic E-state index is 0.0652. The summed E-state index contributed by atoms with van der Waals surface area (Å²) in [6, 6.07) is 15.5. The standard InChI is InChI=1S/C23H28N4O3/c1-30-21-7-3-6-20(15-21)27-12-10-26(11-13-27)16-22(28)24-19-5-2-4-17(14-19)23(29)25-18-8-9-18/h2-7,14-15,18H,8-13,16H2,1H3,(H,24,28)(H,25,29). The first-order chi connectivity index (χ1) is 14.6. The highest BCUT2D eigenvalue weighted by Crippen LogP contribution is 2.22. The SMILES string of the molecule is COc1cccc(N2CCN(CC(=O)Nc3cccc(C(=O)NC4CC4)c3)CC2)c1. The van der Waals surface area contributed by atoms with Crippen LogP contribution in [0.5, 0.6) is 5.75 Å². The Morgan fingerprint density at radius 3 is 2.53 bits per heavy atom. The Hall–Kier alpha value is -3.06. The van der Waals surface area contributed by atoms with E-state index in [9.17, 15) is 9.59 Å². The number of carbonyl (C=O) groups is 2. The Kier molecular flexibility index (Phi) is 6.18. The fraction of sp³-hybridized carbons (Fsp3) is 0.391.